The summed E-state index contributed by atoms with van der Waals surface area (Å²) >= 11 is 11.6. The van der Waals surface area contributed by atoms with E-state index in [1.807, 2.05) is 0 Å². The molecule has 88 valence electrons. The highest BCUT2D eigenvalue weighted by Crippen LogP contribution is 2.29. The van der Waals surface area contributed by atoms with Gasteiger partial charge in [-0.05, 0) is 30.3 Å². The fourth-order valence-corrected chi connectivity index (χ4v) is 3.47. The third-order valence-corrected chi connectivity index (χ3v) is 4.72. The van der Waals surface area contributed by atoms with Gasteiger partial charge in [-0.25, -0.2) is 8.42 Å². The van der Waals surface area contributed by atoms with E-state index >= 15 is 0 Å². The molecule has 0 heterocycles. The van der Waals surface area contributed by atoms with E-state index in [-0.39, 0.29) is 14.8 Å². The zero-order valence-electron chi connectivity index (χ0n) is 8.60. The molecule has 0 N–H and O–H groups in total. The lowest BCUT2D eigenvalue weighted by atomic mass is 10.4. The van der Waals surface area contributed by atoms with Gasteiger partial charge in [-0.15, -0.1) is 0 Å². The van der Waals surface area contributed by atoms with E-state index in [9.17, 15) is 8.42 Å². The minimum absolute atomic E-state index is 0.0646. The van der Waals surface area contributed by atoms with Crippen LogP contribution >= 0.6 is 23.2 Å². The molecule has 2 aromatic rings. The predicted molar refractivity (Wildman–Crippen MR) is 68.4 cm³/mol. The summed E-state index contributed by atoms with van der Waals surface area (Å²) in [6.07, 6.45) is 0. The molecule has 17 heavy (non-hydrogen) atoms. The van der Waals surface area contributed by atoms with E-state index in [1.165, 1.54) is 30.3 Å². The van der Waals surface area contributed by atoms with Crippen LogP contribution in [0.4, 0.5) is 0 Å². The molecule has 0 aliphatic heterocycles. The average molecular weight is 287 g/mol. The van der Waals surface area contributed by atoms with Gasteiger partial charge < -0.3 is 0 Å². The first-order valence-corrected chi connectivity index (χ1v) is 7.01. The molecule has 2 rings (SSSR count). The maximum absolute atomic E-state index is 12.2. The van der Waals surface area contributed by atoms with Gasteiger partial charge >= 0.3 is 0 Å². The third kappa shape index (κ3) is 2.46. The number of hydrogen-bond acceptors (Lipinski definition) is 2. The molecule has 0 amide bonds. The molecule has 0 radical (unpaired) electrons. The van der Waals surface area contributed by atoms with Gasteiger partial charge in [-0.1, -0.05) is 41.4 Å². The van der Waals surface area contributed by atoms with Crippen molar-refractivity contribution < 1.29 is 8.42 Å². The van der Waals surface area contributed by atoms with Crippen LogP contribution in [-0.2, 0) is 9.84 Å². The molecule has 0 aromatic heterocycles. The standard InChI is InChI=1S/C12H8Cl2O2S/c13-9-6-7-12(11(14)8-9)17(15,16)10-4-2-1-3-5-10/h1-8H. The van der Waals surface area contributed by atoms with Gasteiger partial charge in [0.25, 0.3) is 0 Å². The Morgan fingerprint density at radius 1 is 0.882 bits per heavy atom. The largest absolute Gasteiger partial charge is 0.218 e. The molecule has 0 fully saturated rings. The summed E-state index contributed by atoms with van der Waals surface area (Å²) in [5, 5.41) is 0.531. The lowest BCUT2D eigenvalue weighted by molar-refractivity contribution is 0.596. The van der Waals surface area contributed by atoms with Gasteiger partial charge in [0.15, 0.2) is 0 Å². The second kappa shape index (κ2) is 4.69. The smallest absolute Gasteiger partial charge is 0.208 e. The van der Waals surface area contributed by atoms with E-state index in [0.717, 1.165) is 0 Å². The lowest BCUT2D eigenvalue weighted by Gasteiger charge is -2.06. The van der Waals surface area contributed by atoms with Crippen LogP contribution in [0.2, 0.25) is 10.0 Å². The summed E-state index contributed by atoms with van der Waals surface area (Å²) in [6.45, 7) is 0. The van der Waals surface area contributed by atoms with Crippen LogP contribution < -0.4 is 0 Å². The van der Waals surface area contributed by atoms with Crippen molar-refractivity contribution in [2.75, 3.05) is 0 Å². The molecule has 2 nitrogen and oxygen atoms in total. The van der Waals surface area contributed by atoms with Crippen LogP contribution in [0.25, 0.3) is 0 Å². The number of hydrogen-bond donors (Lipinski definition) is 0. The predicted octanol–water partition coefficient (Wildman–Crippen LogP) is 3.83. The molecule has 0 aliphatic carbocycles. The Kier molecular flexibility index (Phi) is 3.43. The molecule has 0 saturated heterocycles. The highest BCUT2D eigenvalue weighted by molar-refractivity contribution is 7.91. The second-order valence-electron chi connectivity index (χ2n) is 3.39. The van der Waals surface area contributed by atoms with Crippen molar-refractivity contribution in [3.05, 3.63) is 58.6 Å². The van der Waals surface area contributed by atoms with Crippen molar-refractivity contribution in [3.63, 3.8) is 0 Å². The number of sulfone groups is 1. The number of rotatable bonds is 2. The Labute approximate surface area is 110 Å². The number of benzene rings is 2. The minimum Gasteiger partial charge on any atom is -0.218 e. The van der Waals surface area contributed by atoms with E-state index in [0.29, 0.717) is 5.02 Å². The van der Waals surface area contributed by atoms with Crippen LogP contribution in [0.15, 0.2) is 58.3 Å². The average Bonchev–Trinajstić information content (AvgIpc) is 2.29. The van der Waals surface area contributed by atoms with Crippen molar-refractivity contribution >= 4 is 33.0 Å². The van der Waals surface area contributed by atoms with Crippen LogP contribution in [0.1, 0.15) is 0 Å². The van der Waals surface area contributed by atoms with E-state index < -0.39 is 9.84 Å². The maximum Gasteiger partial charge on any atom is 0.208 e. The quantitative estimate of drug-likeness (QED) is 0.841. The Hall–Kier alpha value is -1.03. The van der Waals surface area contributed by atoms with Crippen LogP contribution in [0, 0.1) is 0 Å². The third-order valence-electron chi connectivity index (χ3n) is 2.24. The fourth-order valence-electron chi connectivity index (χ4n) is 1.42. The first-order chi connectivity index (χ1) is 8.01. The van der Waals surface area contributed by atoms with Crippen molar-refractivity contribution in [1.82, 2.24) is 0 Å². The normalized spacial score (nSPS) is 11.4. The van der Waals surface area contributed by atoms with Crippen LogP contribution in [-0.4, -0.2) is 8.42 Å². The van der Waals surface area contributed by atoms with Crippen molar-refractivity contribution in [2.45, 2.75) is 9.79 Å². The SMILES string of the molecule is O=S(=O)(c1ccccc1)c1ccc(Cl)cc1Cl. The molecule has 2 aromatic carbocycles. The molecular weight excluding hydrogens is 279 g/mol. The zero-order valence-corrected chi connectivity index (χ0v) is 10.9. The lowest BCUT2D eigenvalue weighted by Crippen LogP contribution is -2.02. The summed E-state index contributed by atoms with van der Waals surface area (Å²) in [7, 11) is -3.58. The maximum atomic E-state index is 12.2. The zero-order chi connectivity index (χ0) is 12.5. The molecule has 0 unspecified atom stereocenters. The van der Waals surface area contributed by atoms with E-state index in [1.54, 1.807) is 18.2 Å². The minimum atomic E-state index is -3.58. The van der Waals surface area contributed by atoms with Gasteiger partial charge in [0.1, 0.15) is 0 Å². The molecule has 5 heteroatoms. The van der Waals surface area contributed by atoms with Gasteiger partial charge in [-0.2, -0.15) is 0 Å². The molecule has 0 atom stereocenters. The van der Waals surface area contributed by atoms with Crippen molar-refractivity contribution in [1.29, 1.82) is 0 Å². The summed E-state index contributed by atoms with van der Waals surface area (Å²) in [4.78, 5) is 0.277. The first kappa shape index (κ1) is 12.4. The van der Waals surface area contributed by atoms with Gasteiger partial charge in [-0.3, -0.25) is 0 Å². The highest BCUT2D eigenvalue weighted by Gasteiger charge is 2.20. The van der Waals surface area contributed by atoms with E-state index in [2.05, 4.69) is 0 Å². The molecule has 0 bridgehead atoms. The Morgan fingerprint density at radius 3 is 2.12 bits per heavy atom. The van der Waals surface area contributed by atoms with Gasteiger partial charge in [0.2, 0.25) is 9.84 Å². The Balaban J connectivity index is 2.61. The molecule has 0 spiro atoms. The summed E-state index contributed by atoms with van der Waals surface area (Å²) in [5.41, 5.74) is 0. The van der Waals surface area contributed by atoms with E-state index in [4.69, 9.17) is 23.2 Å². The Morgan fingerprint density at radius 2 is 1.53 bits per heavy atom. The first-order valence-electron chi connectivity index (χ1n) is 4.77. The second-order valence-corrected chi connectivity index (χ2v) is 6.15. The monoisotopic (exact) mass is 286 g/mol. The van der Waals surface area contributed by atoms with Crippen molar-refractivity contribution in [3.8, 4) is 0 Å². The summed E-state index contributed by atoms with van der Waals surface area (Å²) in [5.74, 6) is 0. The number of halogens is 2. The fraction of sp³-hybridized carbons (Fsp3) is 0. The van der Waals surface area contributed by atoms with Crippen LogP contribution in [0.3, 0.4) is 0 Å². The highest BCUT2D eigenvalue weighted by atomic mass is 35.5. The molecule has 0 aliphatic rings. The van der Waals surface area contributed by atoms with Gasteiger partial charge in [0.05, 0.1) is 14.8 Å². The Bertz CT molecular complexity index is 637. The topological polar surface area (TPSA) is 34.1 Å². The van der Waals surface area contributed by atoms with Crippen LogP contribution in [0.5, 0.6) is 0 Å². The molecule has 0 saturated carbocycles. The summed E-state index contributed by atoms with van der Waals surface area (Å²) < 4.78 is 24.5. The van der Waals surface area contributed by atoms with Crippen molar-refractivity contribution in [2.24, 2.45) is 0 Å². The van der Waals surface area contributed by atoms with Gasteiger partial charge in [0, 0.05) is 5.02 Å². The molecular formula is C12H8Cl2O2S. The summed E-state index contributed by atoms with van der Waals surface area (Å²) in [6, 6.07) is 12.5.